The van der Waals surface area contributed by atoms with Crippen molar-refractivity contribution in [2.45, 2.75) is 27.2 Å². The Hall–Kier alpha value is -2.43. The summed E-state index contributed by atoms with van der Waals surface area (Å²) in [4.78, 5) is 29.9. The van der Waals surface area contributed by atoms with Crippen molar-refractivity contribution >= 4 is 28.4 Å². The summed E-state index contributed by atoms with van der Waals surface area (Å²) in [6.45, 7) is 6.34. The van der Waals surface area contributed by atoms with E-state index in [0.717, 1.165) is 17.3 Å². The van der Waals surface area contributed by atoms with Crippen LogP contribution in [0.3, 0.4) is 0 Å². The third kappa shape index (κ3) is 4.77. The summed E-state index contributed by atoms with van der Waals surface area (Å²) in [5.41, 5.74) is 1.42. The molecule has 23 heavy (non-hydrogen) atoms. The Bertz CT molecular complexity index is 692. The monoisotopic (exact) mass is 313 g/mol. The number of aromatic nitrogens is 1. The Morgan fingerprint density at radius 1 is 1.22 bits per heavy atom. The van der Waals surface area contributed by atoms with E-state index < -0.39 is 0 Å². The van der Waals surface area contributed by atoms with Crippen LogP contribution in [0.2, 0.25) is 0 Å². The fourth-order valence-corrected chi connectivity index (χ4v) is 2.33. The Kier molecular flexibility index (Phi) is 5.68. The fraction of sp³-hybridized carbons (Fsp3) is 0.389. The molecular formula is C18H23N3O2. The summed E-state index contributed by atoms with van der Waals surface area (Å²) >= 11 is 0. The summed E-state index contributed by atoms with van der Waals surface area (Å²) in [5, 5.41) is 3.83. The maximum absolute atomic E-state index is 12.3. The first-order valence-corrected chi connectivity index (χ1v) is 7.86. The molecule has 0 saturated carbocycles. The normalized spacial score (nSPS) is 10.8. The van der Waals surface area contributed by atoms with E-state index in [9.17, 15) is 9.59 Å². The topological polar surface area (TPSA) is 62.3 Å². The molecule has 0 saturated heterocycles. The molecule has 0 aliphatic heterocycles. The van der Waals surface area contributed by atoms with Gasteiger partial charge in [-0.05, 0) is 24.5 Å². The standard InChI is InChI=1S/C18H23N3O2/c1-13(2)9-11-21(14(3)22)12-17(23)20-16-8-4-6-15-7-5-10-19-18(15)16/h4-8,10,13H,9,11-12H2,1-3H3,(H,20,23). The molecule has 2 amide bonds. The van der Waals surface area contributed by atoms with Crippen LogP contribution in [0.25, 0.3) is 10.9 Å². The van der Waals surface area contributed by atoms with Gasteiger partial charge in [-0.3, -0.25) is 14.6 Å². The number of hydrogen-bond acceptors (Lipinski definition) is 3. The molecule has 0 spiro atoms. The van der Waals surface area contributed by atoms with E-state index in [4.69, 9.17) is 0 Å². The Morgan fingerprint density at radius 2 is 1.96 bits per heavy atom. The fourth-order valence-electron chi connectivity index (χ4n) is 2.33. The molecule has 2 aromatic rings. The van der Waals surface area contributed by atoms with Crippen molar-refractivity contribution in [1.29, 1.82) is 0 Å². The number of nitrogens with zero attached hydrogens (tertiary/aromatic N) is 2. The molecule has 5 heteroatoms. The van der Waals surface area contributed by atoms with Crippen molar-refractivity contribution in [2.24, 2.45) is 5.92 Å². The van der Waals surface area contributed by atoms with Gasteiger partial charge in [-0.25, -0.2) is 0 Å². The van der Waals surface area contributed by atoms with Crippen LogP contribution in [-0.4, -0.2) is 34.8 Å². The average molecular weight is 313 g/mol. The molecule has 122 valence electrons. The molecule has 2 rings (SSSR count). The van der Waals surface area contributed by atoms with E-state index in [2.05, 4.69) is 24.1 Å². The largest absolute Gasteiger partial charge is 0.334 e. The third-order valence-electron chi connectivity index (χ3n) is 3.66. The number of amides is 2. The van der Waals surface area contributed by atoms with Gasteiger partial charge in [0.05, 0.1) is 17.7 Å². The molecule has 0 atom stereocenters. The van der Waals surface area contributed by atoms with E-state index in [1.54, 1.807) is 11.1 Å². The second-order valence-corrected chi connectivity index (χ2v) is 6.05. The molecule has 0 unspecified atom stereocenters. The average Bonchev–Trinajstić information content (AvgIpc) is 2.51. The SMILES string of the molecule is CC(=O)N(CCC(C)C)CC(=O)Nc1cccc2cccnc12. The minimum atomic E-state index is -0.206. The summed E-state index contributed by atoms with van der Waals surface area (Å²) in [7, 11) is 0. The first-order chi connectivity index (χ1) is 11.0. The minimum absolute atomic E-state index is 0.0608. The summed E-state index contributed by atoms with van der Waals surface area (Å²) in [6, 6.07) is 9.45. The predicted octanol–water partition coefficient (Wildman–Crippen LogP) is 3.07. The van der Waals surface area contributed by atoms with Crippen LogP contribution in [0.15, 0.2) is 36.5 Å². The highest BCUT2D eigenvalue weighted by Gasteiger charge is 2.15. The lowest BCUT2D eigenvalue weighted by molar-refractivity contribution is -0.132. The van der Waals surface area contributed by atoms with Gasteiger partial charge in [-0.1, -0.05) is 32.0 Å². The molecule has 5 nitrogen and oxygen atoms in total. The highest BCUT2D eigenvalue weighted by Crippen LogP contribution is 2.20. The van der Waals surface area contributed by atoms with Crippen LogP contribution in [0, 0.1) is 5.92 Å². The zero-order chi connectivity index (χ0) is 16.8. The zero-order valence-corrected chi connectivity index (χ0v) is 13.9. The Morgan fingerprint density at radius 3 is 2.65 bits per heavy atom. The Balaban J connectivity index is 2.06. The number of hydrogen-bond donors (Lipinski definition) is 1. The van der Waals surface area contributed by atoms with Gasteiger partial charge in [0.1, 0.15) is 0 Å². The number of anilines is 1. The molecule has 0 aliphatic carbocycles. The molecular weight excluding hydrogens is 290 g/mol. The molecule has 1 N–H and O–H groups in total. The highest BCUT2D eigenvalue weighted by molar-refractivity contribution is 6.01. The van der Waals surface area contributed by atoms with Gasteiger partial charge in [0.2, 0.25) is 11.8 Å². The number of pyridine rings is 1. The number of rotatable bonds is 6. The maximum atomic E-state index is 12.3. The first kappa shape index (κ1) is 16.9. The van der Waals surface area contributed by atoms with Crippen LogP contribution in [0.5, 0.6) is 0 Å². The number of carbonyl (C=O) groups is 2. The molecule has 0 bridgehead atoms. The Labute approximate surface area is 136 Å². The number of carbonyl (C=O) groups excluding carboxylic acids is 2. The molecule has 1 heterocycles. The van der Waals surface area contributed by atoms with Crippen molar-refractivity contribution in [1.82, 2.24) is 9.88 Å². The van der Waals surface area contributed by atoms with Gasteiger partial charge in [0.15, 0.2) is 0 Å². The van der Waals surface area contributed by atoms with Crippen molar-refractivity contribution < 1.29 is 9.59 Å². The number of para-hydroxylation sites is 1. The van der Waals surface area contributed by atoms with Crippen LogP contribution >= 0.6 is 0 Å². The van der Waals surface area contributed by atoms with Crippen molar-refractivity contribution in [3.63, 3.8) is 0 Å². The van der Waals surface area contributed by atoms with Crippen LogP contribution in [0.4, 0.5) is 5.69 Å². The van der Waals surface area contributed by atoms with E-state index in [1.165, 1.54) is 6.92 Å². The summed E-state index contributed by atoms with van der Waals surface area (Å²) in [5.74, 6) is 0.195. The van der Waals surface area contributed by atoms with Crippen molar-refractivity contribution in [2.75, 3.05) is 18.4 Å². The summed E-state index contributed by atoms with van der Waals surface area (Å²) < 4.78 is 0. The van der Waals surface area contributed by atoms with Crippen molar-refractivity contribution in [3.05, 3.63) is 36.5 Å². The minimum Gasteiger partial charge on any atom is -0.334 e. The van der Waals surface area contributed by atoms with Gasteiger partial charge in [0.25, 0.3) is 0 Å². The van der Waals surface area contributed by atoms with Crippen LogP contribution in [-0.2, 0) is 9.59 Å². The zero-order valence-electron chi connectivity index (χ0n) is 13.9. The molecule has 0 fully saturated rings. The second-order valence-electron chi connectivity index (χ2n) is 6.05. The van der Waals surface area contributed by atoms with Gasteiger partial charge in [0, 0.05) is 25.1 Å². The van der Waals surface area contributed by atoms with Gasteiger partial charge >= 0.3 is 0 Å². The lowest BCUT2D eigenvalue weighted by Crippen LogP contribution is -2.37. The van der Waals surface area contributed by atoms with Crippen LogP contribution < -0.4 is 5.32 Å². The van der Waals surface area contributed by atoms with Gasteiger partial charge in [-0.15, -0.1) is 0 Å². The van der Waals surface area contributed by atoms with Crippen LogP contribution in [0.1, 0.15) is 27.2 Å². The van der Waals surface area contributed by atoms with Gasteiger partial charge in [-0.2, -0.15) is 0 Å². The first-order valence-electron chi connectivity index (χ1n) is 7.86. The van der Waals surface area contributed by atoms with Gasteiger partial charge < -0.3 is 10.2 Å². The van der Waals surface area contributed by atoms with E-state index in [0.29, 0.717) is 18.2 Å². The molecule has 1 aromatic heterocycles. The highest BCUT2D eigenvalue weighted by atomic mass is 16.2. The molecule has 0 radical (unpaired) electrons. The smallest absolute Gasteiger partial charge is 0.244 e. The molecule has 0 aliphatic rings. The van der Waals surface area contributed by atoms with E-state index in [-0.39, 0.29) is 18.4 Å². The number of nitrogens with one attached hydrogen (secondary N) is 1. The second kappa shape index (κ2) is 7.72. The quantitative estimate of drug-likeness (QED) is 0.891. The third-order valence-corrected chi connectivity index (χ3v) is 3.66. The number of benzene rings is 1. The maximum Gasteiger partial charge on any atom is 0.244 e. The van der Waals surface area contributed by atoms with Crippen molar-refractivity contribution in [3.8, 4) is 0 Å². The lowest BCUT2D eigenvalue weighted by atomic mass is 10.1. The lowest BCUT2D eigenvalue weighted by Gasteiger charge is -2.21. The molecule has 1 aromatic carbocycles. The van der Waals surface area contributed by atoms with E-state index >= 15 is 0 Å². The van der Waals surface area contributed by atoms with E-state index in [1.807, 2.05) is 30.3 Å². The predicted molar refractivity (Wildman–Crippen MR) is 92.1 cm³/mol. The number of fused-ring (bicyclic) bond motifs is 1. The summed E-state index contributed by atoms with van der Waals surface area (Å²) in [6.07, 6.45) is 2.57.